The first-order chi connectivity index (χ1) is 19.7. The quantitative estimate of drug-likeness (QED) is 0.0725. The first-order valence-corrected chi connectivity index (χ1v) is 15.0. The van der Waals surface area contributed by atoms with Crippen LogP contribution in [-0.4, -0.2) is 36.4 Å². The number of hydrogen-bond donors (Lipinski definition) is 1. The van der Waals surface area contributed by atoms with E-state index in [9.17, 15) is 19.1 Å². The van der Waals surface area contributed by atoms with Gasteiger partial charge in [0, 0.05) is 16.4 Å². The molecule has 1 aliphatic rings. The predicted octanol–water partition coefficient (Wildman–Crippen LogP) is 6.62. The molecule has 1 unspecified atom stereocenters. The monoisotopic (exact) mass is 649 g/mol. The topological polar surface area (TPSA) is 101 Å². The van der Waals surface area contributed by atoms with Gasteiger partial charge < -0.3 is 9.51 Å². The van der Waals surface area contributed by atoms with Crippen molar-refractivity contribution in [2.75, 3.05) is 4.90 Å². The molecular weight excluding hydrogens is 629 g/mol. The zero-order valence-electron chi connectivity index (χ0n) is 21.7. The van der Waals surface area contributed by atoms with Gasteiger partial charge in [-0.3, -0.25) is 14.5 Å². The fourth-order valence-corrected chi connectivity index (χ4v) is 6.84. The number of carbonyl (C=O) groups is 2. The van der Waals surface area contributed by atoms with Gasteiger partial charge in [-0.15, -0.1) is 10.2 Å². The molecule has 5 aromatic rings. The number of fused-ring (bicyclic) bond motifs is 1. The summed E-state index contributed by atoms with van der Waals surface area (Å²) < 4.78 is 16.5. The number of aliphatic hydroxyl groups excluding tert-OH is 1. The highest BCUT2D eigenvalue weighted by Gasteiger charge is 2.48. The van der Waals surface area contributed by atoms with Crippen molar-refractivity contribution in [3.63, 3.8) is 0 Å². The van der Waals surface area contributed by atoms with Crippen LogP contribution in [0.15, 0.2) is 81.2 Å². The van der Waals surface area contributed by atoms with Crippen LogP contribution >= 0.6 is 39.0 Å². The maximum Gasteiger partial charge on any atom is 0.301 e. The molecule has 1 saturated heterocycles. The van der Waals surface area contributed by atoms with E-state index in [1.54, 1.807) is 43.3 Å². The Morgan fingerprint density at radius 2 is 1.80 bits per heavy atom. The van der Waals surface area contributed by atoms with E-state index in [-0.39, 0.29) is 28.0 Å². The predicted molar refractivity (Wildman–Crippen MR) is 159 cm³/mol. The highest BCUT2D eigenvalue weighted by molar-refractivity contribution is 9.10. The number of aryl methyl sites for hydroxylation is 2. The lowest BCUT2D eigenvalue weighted by atomic mass is 9.96. The molecule has 0 saturated carbocycles. The molecule has 3 aromatic heterocycles. The highest BCUT2D eigenvalue weighted by Crippen LogP contribution is 2.44. The van der Waals surface area contributed by atoms with E-state index in [0.29, 0.717) is 27.0 Å². The Kier molecular flexibility index (Phi) is 7.22. The molecule has 1 atom stereocenters. The van der Waals surface area contributed by atoms with Crippen LogP contribution in [-0.2, 0) is 15.3 Å². The number of imidazole rings is 1. The van der Waals surface area contributed by atoms with E-state index >= 15 is 0 Å². The van der Waals surface area contributed by atoms with E-state index in [0.717, 1.165) is 26.9 Å². The minimum atomic E-state index is -0.948. The largest absolute Gasteiger partial charge is 0.505 e. The Bertz CT molecular complexity index is 1850. The third-order valence-electron chi connectivity index (χ3n) is 6.82. The first kappa shape index (κ1) is 27.3. The molecule has 41 heavy (non-hydrogen) atoms. The van der Waals surface area contributed by atoms with Crippen LogP contribution < -0.4 is 4.90 Å². The second-order valence-corrected chi connectivity index (χ2v) is 12.5. The van der Waals surface area contributed by atoms with Crippen molar-refractivity contribution in [3.8, 4) is 0 Å². The molecule has 206 valence electrons. The Hall–Kier alpha value is -3.87. The molecule has 1 N–H and O–H groups in total. The maximum atomic E-state index is 13.6. The van der Waals surface area contributed by atoms with Crippen molar-refractivity contribution in [1.82, 2.24) is 19.6 Å². The number of ketones is 1. The van der Waals surface area contributed by atoms with Gasteiger partial charge in [0.25, 0.3) is 5.78 Å². The second kappa shape index (κ2) is 10.8. The number of anilines is 1. The zero-order chi connectivity index (χ0) is 28.8. The summed E-state index contributed by atoms with van der Waals surface area (Å²) in [6.07, 6.45) is 1.83. The number of thioether (sulfide) groups is 1. The molecule has 0 radical (unpaired) electrons. The number of pyridine rings is 1. The first-order valence-electron chi connectivity index (χ1n) is 12.4. The smallest absolute Gasteiger partial charge is 0.301 e. The zero-order valence-corrected chi connectivity index (χ0v) is 24.9. The highest BCUT2D eigenvalue weighted by atomic mass is 79.9. The van der Waals surface area contributed by atoms with E-state index in [1.165, 1.54) is 28.8 Å². The van der Waals surface area contributed by atoms with Crippen LogP contribution in [0.5, 0.6) is 0 Å². The van der Waals surface area contributed by atoms with Gasteiger partial charge in [0.2, 0.25) is 5.13 Å². The number of aliphatic hydroxyl groups is 1. The minimum Gasteiger partial charge on any atom is -0.505 e. The average molecular weight is 651 g/mol. The summed E-state index contributed by atoms with van der Waals surface area (Å²) in [6.45, 7) is 3.71. The third-order valence-corrected chi connectivity index (χ3v) is 9.47. The summed E-state index contributed by atoms with van der Waals surface area (Å²) in [5.41, 5.74) is 3.86. The summed E-state index contributed by atoms with van der Waals surface area (Å²) >= 11 is 5.99. The van der Waals surface area contributed by atoms with Crippen LogP contribution in [0.4, 0.5) is 9.52 Å². The molecule has 8 nitrogen and oxygen atoms in total. The van der Waals surface area contributed by atoms with Gasteiger partial charge >= 0.3 is 5.91 Å². The van der Waals surface area contributed by atoms with Gasteiger partial charge in [0.05, 0.1) is 17.3 Å². The fraction of sp³-hybridized carbons (Fsp3) is 0.138. The van der Waals surface area contributed by atoms with Gasteiger partial charge in [0.1, 0.15) is 17.2 Å². The Morgan fingerprint density at radius 3 is 2.51 bits per heavy atom. The molecule has 12 heteroatoms. The number of hydrogen-bond acceptors (Lipinski definition) is 8. The number of halogens is 2. The number of benzene rings is 2. The van der Waals surface area contributed by atoms with Crippen LogP contribution in [0.3, 0.4) is 0 Å². The van der Waals surface area contributed by atoms with Crippen LogP contribution in [0.25, 0.3) is 11.4 Å². The van der Waals surface area contributed by atoms with Gasteiger partial charge in [0.15, 0.2) is 10.1 Å². The van der Waals surface area contributed by atoms with Crippen molar-refractivity contribution in [2.45, 2.75) is 30.0 Å². The molecule has 0 aliphatic carbocycles. The fourth-order valence-electron chi connectivity index (χ4n) is 4.75. The molecule has 2 aromatic carbocycles. The number of aromatic nitrogens is 4. The Labute approximate surface area is 250 Å². The summed E-state index contributed by atoms with van der Waals surface area (Å²) in [5.74, 6) is -1.79. The van der Waals surface area contributed by atoms with Crippen molar-refractivity contribution in [3.05, 3.63) is 111 Å². The SMILES string of the molecule is Cc1cccn2c(C)c(/C(O)=C3\C(=O)C(=O)N(c4nnc(SCc5ccc(F)cc5)s4)C3c3ccc(Br)cc3)nc12. The average Bonchev–Trinajstić information content (AvgIpc) is 3.64. The number of rotatable bonds is 6. The molecular formula is C29H21BrFN5O3S2. The van der Waals surface area contributed by atoms with Crippen LogP contribution in [0.2, 0.25) is 0 Å². The molecule has 6 rings (SSSR count). The lowest BCUT2D eigenvalue weighted by Crippen LogP contribution is -2.29. The standard InChI is InChI=1S/C29H21BrFN5O3S2/c1-15-4-3-13-35-16(2)22(32-26(15)35)24(37)21-23(18-7-9-19(30)10-8-18)36(27(39)25(21)38)28-33-34-29(41-28)40-14-17-5-11-20(31)12-6-17/h3-13,23,37H,14H2,1-2H3/b24-21+. The van der Waals surface area contributed by atoms with Gasteiger partial charge in [-0.05, 0) is 60.9 Å². The van der Waals surface area contributed by atoms with E-state index < -0.39 is 17.7 Å². The van der Waals surface area contributed by atoms with E-state index in [2.05, 4.69) is 31.1 Å². The number of carbonyl (C=O) groups excluding carboxylic acids is 2. The normalized spacial score (nSPS) is 16.7. The molecule has 4 heterocycles. The number of nitrogens with zero attached hydrogens (tertiary/aromatic N) is 5. The third kappa shape index (κ3) is 4.96. The minimum absolute atomic E-state index is 0.0720. The van der Waals surface area contributed by atoms with E-state index in [1.807, 2.05) is 29.7 Å². The van der Waals surface area contributed by atoms with Gasteiger partial charge in [-0.25, -0.2) is 9.37 Å². The summed E-state index contributed by atoms with van der Waals surface area (Å²) in [6, 6.07) is 16.2. The molecule has 1 amide bonds. The van der Waals surface area contributed by atoms with Crippen LogP contribution in [0, 0.1) is 19.7 Å². The summed E-state index contributed by atoms with van der Waals surface area (Å²) in [4.78, 5) is 33.0. The van der Waals surface area contributed by atoms with Gasteiger partial charge in [-0.2, -0.15) is 0 Å². The van der Waals surface area contributed by atoms with Crippen molar-refractivity contribution in [2.24, 2.45) is 0 Å². The lowest BCUT2D eigenvalue weighted by molar-refractivity contribution is -0.132. The van der Waals surface area contributed by atoms with Crippen molar-refractivity contribution >= 4 is 67.3 Å². The van der Waals surface area contributed by atoms with E-state index in [4.69, 9.17) is 0 Å². The number of amides is 1. The second-order valence-electron chi connectivity index (χ2n) is 9.42. The maximum absolute atomic E-state index is 13.6. The number of Topliss-reactive ketones (excluding diaryl/α,β-unsaturated/α-hetero) is 1. The van der Waals surface area contributed by atoms with Crippen LogP contribution in [0.1, 0.15) is 34.1 Å². The lowest BCUT2D eigenvalue weighted by Gasteiger charge is -2.22. The summed E-state index contributed by atoms with van der Waals surface area (Å²) in [5, 5.41) is 20.3. The van der Waals surface area contributed by atoms with Crippen molar-refractivity contribution in [1.29, 1.82) is 0 Å². The van der Waals surface area contributed by atoms with Crippen molar-refractivity contribution < 1.29 is 19.1 Å². The molecule has 0 spiro atoms. The Morgan fingerprint density at radius 1 is 1.07 bits per heavy atom. The summed E-state index contributed by atoms with van der Waals surface area (Å²) in [7, 11) is 0. The molecule has 0 bridgehead atoms. The molecule has 1 fully saturated rings. The Balaban J connectivity index is 1.43. The molecule has 1 aliphatic heterocycles. The van der Waals surface area contributed by atoms with Gasteiger partial charge in [-0.1, -0.05) is 69.4 Å².